The molecule has 34 heavy (non-hydrogen) atoms. The molecule has 2 aliphatic carbocycles. The summed E-state index contributed by atoms with van der Waals surface area (Å²) in [6, 6.07) is 2.50. The first-order valence-corrected chi connectivity index (χ1v) is 13.0. The van der Waals surface area contributed by atoms with Gasteiger partial charge >= 0.3 is 0 Å². The first-order valence-electron chi connectivity index (χ1n) is 13.0. The summed E-state index contributed by atoms with van der Waals surface area (Å²) in [6.45, 7) is 3.20. The molecular weight excluding hydrogens is 426 g/mol. The number of aromatic nitrogens is 3. The molecule has 7 nitrogen and oxygen atoms in total. The Bertz CT molecular complexity index is 1010. The van der Waals surface area contributed by atoms with E-state index in [1.54, 1.807) is 10.9 Å². The zero-order valence-corrected chi connectivity index (χ0v) is 20.3. The van der Waals surface area contributed by atoms with Crippen LogP contribution in [0.2, 0.25) is 0 Å². The minimum atomic E-state index is 0.108. The van der Waals surface area contributed by atoms with Gasteiger partial charge in [-0.05, 0) is 68.9 Å². The van der Waals surface area contributed by atoms with Crippen LogP contribution in [0.4, 0.5) is 0 Å². The number of aryl methyl sites for hydroxylation is 1. The SMILES string of the molecule is C#CC[C@H]1CN(CC[C@H]2CC[C@H](NC(=O)Cc3cnn(C)c3)CC2)C[C@@H]1c1cc(C2CC2)on1. The highest BCUT2D eigenvalue weighted by Crippen LogP contribution is 2.42. The average Bonchev–Trinajstić information content (AvgIpc) is 3.21. The maximum Gasteiger partial charge on any atom is 0.224 e. The van der Waals surface area contributed by atoms with Gasteiger partial charge in [0.25, 0.3) is 0 Å². The van der Waals surface area contributed by atoms with E-state index in [4.69, 9.17) is 10.9 Å². The lowest BCUT2D eigenvalue weighted by Crippen LogP contribution is -2.38. The fraction of sp³-hybridized carbons (Fsp3) is 0.667. The van der Waals surface area contributed by atoms with Crippen molar-refractivity contribution in [2.75, 3.05) is 19.6 Å². The maximum atomic E-state index is 12.4. The van der Waals surface area contributed by atoms with Crippen molar-refractivity contribution in [2.45, 2.75) is 75.7 Å². The number of amides is 1. The zero-order valence-electron chi connectivity index (χ0n) is 20.3. The molecular formula is C27H37N5O2. The third-order valence-corrected chi connectivity index (χ3v) is 7.99. The summed E-state index contributed by atoms with van der Waals surface area (Å²) in [4.78, 5) is 14.9. The van der Waals surface area contributed by atoms with Gasteiger partial charge in [-0.25, -0.2) is 0 Å². The smallest absolute Gasteiger partial charge is 0.224 e. The summed E-state index contributed by atoms with van der Waals surface area (Å²) in [7, 11) is 1.87. The van der Waals surface area contributed by atoms with Crippen LogP contribution in [0.1, 0.15) is 80.2 Å². The monoisotopic (exact) mass is 463 g/mol. The van der Waals surface area contributed by atoms with Crippen molar-refractivity contribution >= 4 is 5.91 Å². The van der Waals surface area contributed by atoms with Gasteiger partial charge < -0.3 is 14.7 Å². The van der Waals surface area contributed by atoms with Crippen molar-refractivity contribution in [2.24, 2.45) is 18.9 Å². The molecule has 182 valence electrons. The Balaban J connectivity index is 1.05. The number of likely N-dealkylation sites (tertiary alicyclic amines) is 1. The quantitative estimate of drug-likeness (QED) is 0.575. The normalized spacial score (nSPS) is 27.5. The molecule has 1 saturated heterocycles. The lowest BCUT2D eigenvalue weighted by Gasteiger charge is -2.30. The molecule has 0 unspecified atom stereocenters. The summed E-state index contributed by atoms with van der Waals surface area (Å²) in [5.41, 5.74) is 2.07. The van der Waals surface area contributed by atoms with E-state index in [0.29, 0.717) is 30.2 Å². The van der Waals surface area contributed by atoms with Gasteiger partial charge in [0.15, 0.2) is 0 Å². The molecule has 3 heterocycles. The lowest BCUT2D eigenvalue weighted by atomic mass is 9.84. The lowest BCUT2D eigenvalue weighted by molar-refractivity contribution is -0.121. The molecule has 0 bridgehead atoms. The number of hydrogen-bond donors (Lipinski definition) is 1. The van der Waals surface area contributed by atoms with Crippen molar-refractivity contribution < 1.29 is 9.32 Å². The van der Waals surface area contributed by atoms with Crippen LogP contribution in [-0.2, 0) is 18.3 Å². The highest BCUT2D eigenvalue weighted by atomic mass is 16.5. The summed E-state index contributed by atoms with van der Waals surface area (Å²) < 4.78 is 7.37. The first-order chi connectivity index (χ1) is 16.6. The van der Waals surface area contributed by atoms with E-state index < -0.39 is 0 Å². The molecule has 3 fully saturated rings. The van der Waals surface area contributed by atoms with Gasteiger partial charge in [0.1, 0.15) is 5.76 Å². The number of carbonyl (C=O) groups excluding carboxylic acids is 1. The number of carbonyl (C=O) groups is 1. The summed E-state index contributed by atoms with van der Waals surface area (Å²) in [5.74, 6) is 6.26. The molecule has 2 aromatic heterocycles. The third-order valence-electron chi connectivity index (χ3n) is 7.99. The van der Waals surface area contributed by atoms with Crippen LogP contribution < -0.4 is 5.32 Å². The van der Waals surface area contributed by atoms with Crippen LogP contribution in [-0.4, -0.2) is 51.4 Å². The van der Waals surface area contributed by atoms with Crippen molar-refractivity contribution in [1.29, 1.82) is 0 Å². The van der Waals surface area contributed by atoms with Gasteiger partial charge in [0, 0.05) is 56.7 Å². The minimum absolute atomic E-state index is 0.108. The first kappa shape index (κ1) is 23.2. The van der Waals surface area contributed by atoms with E-state index >= 15 is 0 Å². The molecule has 2 atom stereocenters. The highest BCUT2D eigenvalue weighted by molar-refractivity contribution is 5.78. The van der Waals surface area contributed by atoms with Crippen molar-refractivity contribution in [3.05, 3.63) is 35.5 Å². The molecule has 2 aromatic rings. The Morgan fingerprint density at radius 2 is 2.06 bits per heavy atom. The molecule has 3 aliphatic rings. The molecule has 5 rings (SSSR count). The molecule has 1 aliphatic heterocycles. The highest BCUT2D eigenvalue weighted by Gasteiger charge is 2.37. The predicted molar refractivity (Wildman–Crippen MR) is 130 cm³/mol. The molecule has 2 saturated carbocycles. The second-order valence-electron chi connectivity index (χ2n) is 10.7. The van der Waals surface area contributed by atoms with Gasteiger partial charge in [-0.1, -0.05) is 5.16 Å². The van der Waals surface area contributed by atoms with Crippen LogP contribution in [0, 0.1) is 24.2 Å². The topological polar surface area (TPSA) is 76.2 Å². The van der Waals surface area contributed by atoms with Crippen molar-refractivity contribution in [3.8, 4) is 12.3 Å². The molecule has 7 heteroatoms. The number of nitrogens with zero attached hydrogens (tertiary/aromatic N) is 4. The standard InChI is InChI=1S/C27H37N5O2/c1-3-4-22-17-32(18-24(22)25-14-26(34-30-25)21-7-8-21)12-11-19-5-9-23(10-6-19)29-27(33)13-20-15-28-31(2)16-20/h1,14-16,19,21-24H,4-13,17-18H2,2H3,(H,29,33)/t19-,22-,23-,24-/m0/s1. The van der Waals surface area contributed by atoms with Crippen LogP contribution >= 0.6 is 0 Å². The average molecular weight is 464 g/mol. The van der Waals surface area contributed by atoms with Crippen LogP contribution in [0.3, 0.4) is 0 Å². The Morgan fingerprint density at radius 1 is 1.24 bits per heavy atom. The Kier molecular flexibility index (Phi) is 7.05. The minimum Gasteiger partial charge on any atom is -0.361 e. The number of terminal acetylenes is 1. The molecule has 0 spiro atoms. The van der Waals surface area contributed by atoms with E-state index in [9.17, 15) is 4.79 Å². The zero-order chi connectivity index (χ0) is 23.5. The number of nitrogens with one attached hydrogen (secondary N) is 1. The number of rotatable bonds is 9. The Hall–Kier alpha value is -2.59. The van der Waals surface area contributed by atoms with E-state index in [-0.39, 0.29) is 5.91 Å². The largest absolute Gasteiger partial charge is 0.361 e. The second-order valence-corrected chi connectivity index (χ2v) is 10.7. The van der Waals surface area contributed by atoms with E-state index in [1.165, 1.54) is 32.1 Å². The summed E-state index contributed by atoms with van der Waals surface area (Å²) in [5, 5.41) is 11.8. The molecule has 1 N–H and O–H groups in total. The Morgan fingerprint density at radius 3 is 2.76 bits per heavy atom. The summed E-state index contributed by atoms with van der Waals surface area (Å²) in [6.07, 6.45) is 18.8. The van der Waals surface area contributed by atoms with Gasteiger partial charge in [-0.3, -0.25) is 9.48 Å². The molecule has 0 radical (unpaired) electrons. The van der Waals surface area contributed by atoms with E-state index in [0.717, 1.165) is 61.8 Å². The van der Waals surface area contributed by atoms with Crippen LogP contribution in [0.15, 0.2) is 23.0 Å². The number of hydrogen-bond acceptors (Lipinski definition) is 5. The predicted octanol–water partition coefficient (Wildman–Crippen LogP) is 3.63. The molecule has 1 amide bonds. The van der Waals surface area contributed by atoms with Crippen molar-refractivity contribution in [1.82, 2.24) is 25.2 Å². The van der Waals surface area contributed by atoms with Gasteiger partial charge in [0.2, 0.25) is 5.91 Å². The van der Waals surface area contributed by atoms with Crippen LogP contribution in [0.5, 0.6) is 0 Å². The summed E-state index contributed by atoms with van der Waals surface area (Å²) >= 11 is 0. The molecule has 0 aromatic carbocycles. The third kappa shape index (κ3) is 5.72. The van der Waals surface area contributed by atoms with Crippen molar-refractivity contribution in [3.63, 3.8) is 0 Å². The van der Waals surface area contributed by atoms with Gasteiger partial charge in [-0.2, -0.15) is 5.10 Å². The fourth-order valence-corrected chi connectivity index (χ4v) is 5.86. The maximum absolute atomic E-state index is 12.4. The van der Waals surface area contributed by atoms with Gasteiger partial charge in [-0.15, -0.1) is 12.3 Å². The Labute approximate surface area is 202 Å². The van der Waals surface area contributed by atoms with E-state index in [1.807, 2.05) is 13.2 Å². The van der Waals surface area contributed by atoms with Gasteiger partial charge in [0.05, 0.1) is 18.3 Å². The van der Waals surface area contributed by atoms with Crippen LogP contribution in [0.25, 0.3) is 0 Å². The second kappa shape index (κ2) is 10.4. The fourth-order valence-electron chi connectivity index (χ4n) is 5.86. The van der Waals surface area contributed by atoms with E-state index in [2.05, 4.69) is 32.5 Å².